The Bertz CT molecular complexity index is 460. The van der Waals surface area contributed by atoms with Gasteiger partial charge in [0.1, 0.15) is 0 Å². The van der Waals surface area contributed by atoms with Gasteiger partial charge >= 0.3 is 0 Å². The first-order valence-corrected chi connectivity index (χ1v) is 7.47. The third-order valence-corrected chi connectivity index (χ3v) is 3.61. The molecule has 1 unspecified atom stereocenters. The molecule has 0 aromatic heterocycles. The highest BCUT2D eigenvalue weighted by atomic mass is 79.9. The lowest BCUT2D eigenvalue weighted by Gasteiger charge is -2.30. The van der Waals surface area contributed by atoms with Crippen molar-refractivity contribution in [3.63, 3.8) is 0 Å². The monoisotopic (exact) mass is 339 g/mol. The summed E-state index contributed by atoms with van der Waals surface area (Å²) >= 11 is 3.37. The minimum absolute atomic E-state index is 0.0467. The summed E-state index contributed by atoms with van der Waals surface area (Å²) in [7, 11) is 0. The van der Waals surface area contributed by atoms with Gasteiger partial charge in [-0.15, -0.1) is 0 Å². The molecule has 0 saturated heterocycles. The van der Waals surface area contributed by atoms with Gasteiger partial charge in [0, 0.05) is 23.2 Å². The van der Waals surface area contributed by atoms with E-state index < -0.39 is 0 Å². The van der Waals surface area contributed by atoms with E-state index in [2.05, 4.69) is 21.2 Å². The molecule has 1 atom stereocenters. The van der Waals surface area contributed by atoms with E-state index in [-0.39, 0.29) is 24.0 Å². The number of nitrogens with one attached hydrogen (secondary N) is 1. The molecule has 0 radical (unpaired) electrons. The third kappa shape index (κ3) is 5.88. The second-order valence-electron chi connectivity index (χ2n) is 5.82. The Labute approximate surface area is 129 Å². The summed E-state index contributed by atoms with van der Waals surface area (Å²) in [6.07, 6.45) is 3.86. The Morgan fingerprint density at radius 3 is 2.45 bits per heavy atom. The first-order chi connectivity index (χ1) is 9.32. The quantitative estimate of drug-likeness (QED) is 0.808. The van der Waals surface area contributed by atoms with E-state index in [0.29, 0.717) is 6.42 Å². The Kier molecular flexibility index (Phi) is 6.43. The average Bonchev–Trinajstić information content (AvgIpc) is 2.36. The maximum Gasteiger partial charge on any atom is 0.244 e. The predicted octanol–water partition coefficient (Wildman–Crippen LogP) is 3.38. The number of halogens is 1. The van der Waals surface area contributed by atoms with Crippen LogP contribution in [0, 0.1) is 5.41 Å². The molecular weight excluding hydrogens is 318 g/mol. The molecule has 20 heavy (non-hydrogen) atoms. The summed E-state index contributed by atoms with van der Waals surface area (Å²) in [6.45, 7) is 6.21. The van der Waals surface area contributed by atoms with Crippen molar-refractivity contribution in [1.29, 1.82) is 0 Å². The lowest BCUT2D eigenvalue weighted by Crippen LogP contribution is -2.43. The van der Waals surface area contributed by atoms with Crippen LogP contribution in [0.2, 0.25) is 0 Å². The van der Waals surface area contributed by atoms with Crippen LogP contribution in [0.3, 0.4) is 0 Å². The predicted molar refractivity (Wildman–Crippen MR) is 86.3 cm³/mol. The van der Waals surface area contributed by atoms with Crippen LogP contribution < -0.4 is 5.32 Å². The average molecular weight is 340 g/mol. The molecule has 0 aliphatic rings. The normalized spacial score (nSPS) is 13.4. The molecule has 1 rings (SSSR count). The van der Waals surface area contributed by atoms with Gasteiger partial charge in [-0.2, -0.15) is 0 Å². The molecule has 0 spiro atoms. The van der Waals surface area contributed by atoms with Crippen LogP contribution in [0.25, 0.3) is 6.08 Å². The summed E-state index contributed by atoms with van der Waals surface area (Å²) in [5.74, 6) is -0.138. The number of hydrogen-bond donors (Lipinski definition) is 2. The standard InChI is InChI=1S/C16H22BrNO2/c1-16(2,3)14(10-11-19)18-15(20)9-6-12-4-7-13(17)8-5-12/h4-9,14,19H,10-11H2,1-3H3,(H,18,20)/b9-6+. The molecule has 1 aromatic carbocycles. The fraction of sp³-hybridized carbons (Fsp3) is 0.438. The topological polar surface area (TPSA) is 49.3 Å². The van der Waals surface area contributed by atoms with Crippen molar-refractivity contribution in [3.05, 3.63) is 40.4 Å². The van der Waals surface area contributed by atoms with Gasteiger partial charge in [-0.1, -0.05) is 48.8 Å². The van der Waals surface area contributed by atoms with Gasteiger partial charge in [0.2, 0.25) is 5.91 Å². The Morgan fingerprint density at radius 2 is 1.95 bits per heavy atom. The van der Waals surface area contributed by atoms with Crippen molar-refractivity contribution < 1.29 is 9.90 Å². The number of carbonyl (C=O) groups excluding carboxylic acids is 1. The summed E-state index contributed by atoms with van der Waals surface area (Å²) in [5, 5.41) is 12.0. The van der Waals surface area contributed by atoms with E-state index >= 15 is 0 Å². The van der Waals surface area contributed by atoms with Crippen molar-refractivity contribution in [1.82, 2.24) is 5.32 Å². The van der Waals surface area contributed by atoms with Gasteiger partial charge in [0.25, 0.3) is 0 Å². The third-order valence-electron chi connectivity index (χ3n) is 3.08. The van der Waals surface area contributed by atoms with Crippen molar-refractivity contribution >= 4 is 27.9 Å². The number of benzene rings is 1. The second kappa shape index (κ2) is 7.60. The highest BCUT2D eigenvalue weighted by Crippen LogP contribution is 2.21. The molecule has 0 heterocycles. The number of carbonyl (C=O) groups is 1. The van der Waals surface area contributed by atoms with E-state index in [1.165, 1.54) is 6.08 Å². The van der Waals surface area contributed by atoms with Crippen LogP contribution >= 0.6 is 15.9 Å². The molecule has 0 saturated carbocycles. The first-order valence-electron chi connectivity index (χ1n) is 6.68. The van der Waals surface area contributed by atoms with Crippen molar-refractivity contribution in [2.24, 2.45) is 5.41 Å². The summed E-state index contributed by atoms with van der Waals surface area (Å²) in [6, 6.07) is 7.68. The maximum atomic E-state index is 11.9. The zero-order valence-electron chi connectivity index (χ0n) is 12.2. The highest BCUT2D eigenvalue weighted by molar-refractivity contribution is 9.10. The Balaban J connectivity index is 2.63. The van der Waals surface area contributed by atoms with Gasteiger partial charge in [0.05, 0.1) is 0 Å². The molecule has 0 bridgehead atoms. The summed E-state index contributed by atoms with van der Waals surface area (Å²) in [4.78, 5) is 11.9. The van der Waals surface area contributed by atoms with Crippen molar-refractivity contribution in [3.8, 4) is 0 Å². The van der Waals surface area contributed by atoms with Gasteiger partial charge in [-0.3, -0.25) is 4.79 Å². The molecule has 0 fully saturated rings. The molecule has 1 amide bonds. The Hall–Kier alpha value is -1.13. The van der Waals surface area contributed by atoms with Gasteiger partial charge < -0.3 is 10.4 Å². The summed E-state index contributed by atoms with van der Waals surface area (Å²) < 4.78 is 1.01. The number of aliphatic hydroxyl groups excluding tert-OH is 1. The summed E-state index contributed by atoms with van der Waals surface area (Å²) in [5.41, 5.74) is 0.891. The van der Waals surface area contributed by atoms with Crippen LogP contribution in [-0.2, 0) is 4.79 Å². The van der Waals surface area contributed by atoms with Gasteiger partial charge in [-0.05, 0) is 35.6 Å². The van der Waals surface area contributed by atoms with E-state index in [0.717, 1.165) is 10.0 Å². The maximum absolute atomic E-state index is 11.9. The van der Waals surface area contributed by atoms with E-state index in [1.807, 2.05) is 45.0 Å². The molecule has 110 valence electrons. The number of amides is 1. The van der Waals surface area contributed by atoms with Crippen LogP contribution in [0.1, 0.15) is 32.8 Å². The molecule has 0 aliphatic carbocycles. The lowest BCUT2D eigenvalue weighted by molar-refractivity contribution is -0.118. The second-order valence-corrected chi connectivity index (χ2v) is 6.74. The molecule has 3 nitrogen and oxygen atoms in total. The zero-order valence-corrected chi connectivity index (χ0v) is 13.8. The van der Waals surface area contributed by atoms with E-state index in [1.54, 1.807) is 6.08 Å². The highest BCUT2D eigenvalue weighted by Gasteiger charge is 2.24. The number of rotatable bonds is 5. The van der Waals surface area contributed by atoms with Crippen LogP contribution in [0.5, 0.6) is 0 Å². The number of hydrogen-bond acceptors (Lipinski definition) is 2. The minimum Gasteiger partial charge on any atom is -0.396 e. The fourth-order valence-electron chi connectivity index (χ4n) is 1.82. The van der Waals surface area contributed by atoms with E-state index in [9.17, 15) is 4.79 Å². The largest absolute Gasteiger partial charge is 0.396 e. The van der Waals surface area contributed by atoms with Gasteiger partial charge in [0.15, 0.2) is 0 Å². The molecule has 4 heteroatoms. The first kappa shape index (κ1) is 16.9. The molecule has 2 N–H and O–H groups in total. The number of aliphatic hydroxyl groups is 1. The van der Waals surface area contributed by atoms with Crippen LogP contribution in [-0.4, -0.2) is 23.7 Å². The fourth-order valence-corrected chi connectivity index (χ4v) is 2.08. The zero-order chi connectivity index (χ0) is 15.2. The smallest absolute Gasteiger partial charge is 0.244 e. The van der Waals surface area contributed by atoms with Crippen molar-refractivity contribution in [2.45, 2.75) is 33.2 Å². The van der Waals surface area contributed by atoms with E-state index in [4.69, 9.17) is 5.11 Å². The molecule has 0 aliphatic heterocycles. The van der Waals surface area contributed by atoms with Crippen molar-refractivity contribution in [2.75, 3.05) is 6.61 Å². The molecular formula is C16H22BrNO2. The SMILES string of the molecule is CC(C)(C)C(CCO)NC(=O)/C=C/c1ccc(Br)cc1. The van der Waals surface area contributed by atoms with Crippen LogP contribution in [0.4, 0.5) is 0 Å². The Morgan fingerprint density at radius 1 is 1.35 bits per heavy atom. The molecule has 1 aromatic rings. The minimum atomic E-state index is -0.138. The lowest BCUT2D eigenvalue weighted by atomic mass is 9.85. The van der Waals surface area contributed by atoms with Crippen LogP contribution in [0.15, 0.2) is 34.8 Å². The van der Waals surface area contributed by atoms with Gasteiger partial charge in [-0.25, -0.2) is 0 Å².